The van der Waals surface area contributed by atoms with Gasteiger partial charge in [0, 0.05) is 16.9 Å². The van der Waals surface area contributed by atoms with Crippen LogP contribution in [-0.2, 0) is 0 Å². The molecule has 0 heterocycles. The average molecular weight is 253 g/mol. The first-order valence-electron chi connectivity index (χ1n) is 6.31. The number of hydrogen-bond donors (Lipinski definition) is 1. The lowest BCUT2D eigenvalue weighted by Crippen LogP contribution is -2.58. The molecule has 1 aromatic carbocycles. The molecule has 2 atom stereocenters. The minimum absolute atomic E-state index is 0.0413. The summed E-state index contributed by atoms with van der Waals surface area (Å²) in [6, 6.07) is 7.48. The van der Waals surface area contributed by atoms with Gasteiger partial charge in [0.05, 0.1) is 6.10 Å². The summed E-state index contributed by atoms with van der Waals surface area (Å²) in [5.41, 5.74) is 0.0413. The van der Waals surface area contributed by atoms with Crippen molar-refractivity contribution in [3.05, 3.63) is 29.3 Å². The lowest BCUT2D eigenvalue weighted by molar-refractivity contribution is -0.151. The van der Waals surface area contributed by atoms with Gasteiger partial charge in [-0.25, -0.2) is 0 Å². The Hall–Kier alpha value is -0.730. The molecule has 3 rings (SSSR count). The minimum atomic E-state index is -0.165. The Kier molecular flexibility index (Phi) is 2.80. The van der Waals surface area contributed by atoms with Gasteiger partial charge in [0.1, 0.15) is 11.9 Å². The standard InChI is InChI=1S/C14H17ClO2/c15-10-3-5-11(6-4-10)17-13-9-12(16)14(13)7-1-2-8-14/h3-6,12-13,16H,1-2,7-9H2. The molecule has 2 aliphatic carbocycles. The summed E-state index contributed by atoms with van der Waals surface area (Å²) in [6.45, 7) is 0. The number of ether oxygens (including phenoxy) is 1. The Morgan fingerprint density at radius 1 is 1.18 bits per heavy atom. The van der Waals surface area contributed by atoms with Crippen LogP contribution in [0, 0.1) is 5.41 Å². The van der Waals surface area contributed by atoms with E-state index in [0.29, 0.717) is 0 Å². The number of benzene rings is 1. The fourth-order valence-corrected chi connectivity index (χ4v) is 3.38. The van der Waals surface area contributed by atoms with Crippen molar-refractivity contribution in [1.82, 2.24) is 0 Å². The molecule has 2 saturated carbocycles. The third kappa shape index (κ3) is 1.84. The maximum Gasteiger partial charge on any atom is 0.119 e. The Balaban J connectivity index is 1.72. The third-order valence-corrected chi connectivity index (χ3v) is 4.62. The van der Waals surface area contributed by atoms with Crippen LogP contribution < -0.4 is 4.74 Å². The summed E-state index contributed by atoms with van der Waals surface area (Å²) < 4.78 is 5.99. The van der Waals surface area contributed by atoms with Crippen molar-refractivity contribution in [2.24, 2.45) is 5.41 Å². The number of halogens is 1. The second-order valence-corrected chi connectivity index (χ2v) is 5.69. The van der Waals surface area contributed by atoms with Gasteiger partial charge >= 0.3 is 0 Å². The zero-order chi connectivity index (χ0) is 11.9. The van der Waals surface area contributed by atoms with E-state index in [1.807, 2.05) is 24.3 Å². The Morgan fingerprint density at radius 2 is 1.82 bits per heavy atom. The molecule has 1 aromatic rings. The van der Waals surface area contributed by atoms with Gasteiger partial charge in [0.2, 0.25) is 0 Å². The van der Waals surface area contributed by atoms with Gasteiger partial charge < -0.3 is 9.84 Å². The van der Waals surface area contributed by atoms with E-state index in [2.05, 4.69) is 0 Å². The summed E-state index contributed by atoms with van der Waals surface area (Å²) in [7, 11) is 0. The second-order valence-electron chi connectivity index (χ2n) is 5.25. The van der Waals surface area contributed by atoms with Crippen LogP contribution in [-0.4, -0.2) is 17.3 Å². The van der Waals surface area contributed by atoms with Crippen LogP contribution in [0.15, 0.2) is 24.3 Å². The minimum Gasteiger partial charge on any atom is -0.490 e. The van der Waals surface area contributed by atoms with Gasteiger partial charge in [-0.3, -0.25) is 0 Å². The number of rotatable bonds is 2. The molecule has 0 bridgehead atoms. The van der Waals surface area contributed by atoms with E-state index >= 15 is 0 Å². The summed E-state index contributed by atoms with van der Waals surface area (Å²) in [6.07, 6.45) is 5.43. The first-order valence-corrected chi connectivity index (χ1v) is 6.69. The average Bonchev–Trinajstić information content (AvgIpc) is 2.83. The quantitative estimate of drug-likeness (QED) is 0.874. The highest BCUT2D eigenvalue weighted by atomic mass is 35.5. The lowest BCUT2D eigenvalue weighted by Gasteiger charge is -2.51. The normalized spacial score (nSPS) is 30.2. The van der Waals surface area contributed by atoms with Crippen LogP contribution >= 0.6 is 11.6 Å². The van der Waals surface area contributed by atoms with Crippen molar-refractivity contribution in [2.45, 2.75) is 44.3 Å². The molecule has 0 saturated heterocycles. The number of aliphatic hydroxyl groups is 1. The van der Waals surface area contributed by atoms with Gasteiger partial charge in [-0.2, -0.15) is 0 Å². The Bertz CT molecular complexity index is 395. The zero-order valence-electron chi connectivity index (χ0n) is 9.73. The van der Waals surface area contributed by atoms with Crippen LogP contribution in [0.25, 0.3) is 0 Å². The molecule has 0 amide bonds. The monoisotopic (exact) mass is 252 g/mol. The first-order chi connectivity index (χ1) is 8.21. The predicted molar refractivity (Wildman–Crippen MR) is 67.4 cm³/mol. The largest absolute Gasteiger partial charge is 0.490 e. The summed E-state index contributed by atoms with van der Waals surface area (Å²) in [5, 5.41) is 10.7. The van der Waals surface area contributed by atoms with Crippen LogP contribution in [0.3, 0.4) is 0 Å². The first kappa shape index (κ1) is 11.4. The van der Waals surface area contributed by atoms with Crippen molar-refractivity contribution in [3.8, 4) is 5.75 Å². The lowest BCUT2D eigenvalue weighted by atomic mass is 9.62. The van der Waals surface area contributed by atoms with Crippen LogP contribution in [0.2, 0.25) is 5.02 Å². The highest BCUT2D eigenvalue weighted by Gasteiger charge is 2.57. The van der Waals surface area contributed by atoms with E-state index in [1.165, 1.54) is 12.8 Å². The third-order valence-electron chi connectivity index (χ3n) is 4.37. The van der Waals surface area contributed by atoms with Crippen LogP contribution in [0.5, 0.6) is 5.75 Å². The molecule has 1 spiro atoms. The topological polar surface area (TPSA) is 29.5 Å². The van der Waals surface area contributed by atoms with Crippen LogP contribution in [0.1, 0.15) is 32.1 Å². The second kappa shape index (κ2) is 4.18. The van der Waals surface area contributed by atoms with E-state index in [1.54, 1.807) is 0 Å². The number of hydrogen-bond acceptors (Lipinski definition) is 2. The summed E-state index contributed by atoms with van der Waals surface area (Å²) in [5.74, 6) is 0.859. The van der Waals surface area contributed by atoms with E-state index in [9.17, 15) is 5.11 Å². The molecule has 0 aliphatic heterocycles. The van der Waals surface area contributed by atoms with Crippen molar-refractivity contribution in [1.29, 1.82) is 0 Å². The molecule has 2 fully saturated rings. The molecular weight excluding hydrogens is 236 g/mol. The highest BCUT2D eigenvalue weighted by molar-refractivity contribution is 6.30. The van der Waals surface area contributed by atoms with Gasteiger partial charge in [-0.1, -0.05) is 24.4 Å². The zero-order valence-corrected chi connectivity index (χ0v) is 10.5. The van der Waals surface area contributed by atoms with Gasteiger partial charge in [-0.15, -0.1) is 0 Å². The maximum atomic E-state index is 9.99. The van der Waals surface area contributed by atoms with E-state index < -0.39 is 0 Å². The van der Waals surface area contributed by atoms with Gasteiger partial charge in [-0.05, 0) is 37.1 Å². The molecule has 3 heteroatoms. The van der Waals surface area contributed by atoms with Crippen molar-refractivity contribution in [3.63, 3.8) is 0 Å². The molecule has 0 radical (unpaired) electrons. The van der Waals surface area contributed by atoms with E-state index in [-0.39, 0.29) is 17.6 Å². The molecule has 2 nitrogen and oxygen atoms in total. The maximum absolute atomic E-state index is 9.99. The predicted octanol–water partition coefficient (Wildman–Crippen LogP) is 3.41. The smallest absolute Gasteiger partial charge is 0.119 e. The SMILES string of the molecule is OC1CC(Oc2ccc(Cl)cc2)C12CCCC2. The molecule has 92 valence electrons. The van der Waals surface area contributed by atoms with Gasteiger partial charge in [0.25, 0.3) is 0 Å². The number of aliphatic hydroxyl groups excluding tert-OH is 1. The fourth-order valence-electron chi connectivity index (χ4n) is 3.26. The van der Waals surface area contributed by atoms with Crippen LogP contribution in [0.4, 0.5) is 0 Å². The van der Waals surface area contributed by atoms with Crippen molar-refractivity contribution >= 4 is 11.6 Å². The molecule has 17 heavy (non-hydrogen) atoms. The molecular formula is C14H17ClO2. The van der Waals surface area contributed by atoms with Gasteiger partial charge in [0.15, 0.2) is 0 Å². The molecule has 1 N–H and O–H groups in total. The summed E-state index contributed by atoms with van der Waals surface area (Å²) in [4.78, 5) is 0. The van der Waals surface area contributed by atoms with Crippen molar-refractivity contribution < 1.29 is 9.84 Å². The molecule has 0 aromatic heterocycles. The highest BCUT2D eigenvalue weighted by Crippen LogP contribution is 2.54. The van der Waals surface area contributed by atoms with Crippen molar-refractivity contribution in [2.75, 3.05) is 0 Å². The summed E-state index contributed by atoms with van der Waals surface area (Å²) >= 11 is 5.84. The molecule has 2 aliphatic rings. The molecule has 2 unspecified atom stereocenters. The Labute approximate surface area is 107 Å². The van der Waals surface area contributed by atoms with E-state index in [0.717, 1.165) is 30.0 Å². The fraction of sp³-hybridized carbons (Fsp3) is 0.571. The Morgan fingerprint density at radius 3 is 2.41 bits per heavy atom. The van der Waals surface area contributed by atoms with E-state index in [4.69, 9.17) is 16.3 Å².